The fraction of sp³-hybridized carbons (Fsp3) is 0.250. The summed E-state index contributed by atoms with van der Waals surface area (Å²) in [5.74, 6) is -0.234. The largest absolute Gasteiger partial charge is 0.206 e. The molecule has 0 N–H and O–H groups in total. The Balaban J connectivity index is 3.25. The molecule has 0 aromatic heterocycles. The average molecular weight is 191 g/mol. The Morgan fingerprint density at radius 1 is 1.45 bits per heavy atom. The van der Waals surface area contributed by atoms with Crippen molar-refractivity contribution < 1.29 is 4.39 Å². The van der Waals surface area contributed by atoms with Crippen molar-refractivity contribution in [1.82, 2.24) is 0 Å². The van der Waals surface area contributed by atoms with Crippen LogP contribution in [0.1, 0.15) is 5.56 Å². The minimum absolute atomic E-state index is 0.234. The summed E-state index contributed by atoms with van der Waals surface area (Å²) in [6.45, 7) is 1.85. The van der Waals surface area contributed by atoms with Gasteiger partial charge in [-0.15, -0.1) is 11.8 Å². The van der Waals surface area contributed by atoms with Crippen LogP contribution in [0.15, 0.2) is 17.0 Å². The molecule has 0 radical (unpaired) electrons. The molecule has 0 saturated carbocycles. The van der Waals surface area contributed by atoms with Crippen molar-refractivity contribution in [3.8, 4) is 0 Å². The first-order valence-electron chi connectivity index (χ1n) is 3.15. The van der Waals surface area contributed by atoms with Crippen LogP contribution >= 0.6 is 23.4 Å². The molecule has 1 aromatic rings. The number of hydrogen-bond acceptors (Lipinski definition) is 1. The second kappa shape index (κ2) is 3.46. The molecular weight excluding hydrogens is 183 g/mol. The van der Waals surface area contributed by atoms with Gasteiger partial charge in [-0.3, -0.25) is 0 Å². The van der Waals surface area contributed by atoms with E-state index in [1.54, 1.807) is 6.07 Å². The molecule has 1 rings (SSSR count). The van der Waals surface area contributed by atoms with Gasteiger partial charge in [0.25, 0.3) is 0 Å². The van der Waals surface area contributed by atoms with E-state index in [9.17, 15) is 4.39 Å². The molecule has 0 nitrogen and oxygen atoms in total. The zero-order chi connectivity index (χ0) is 8.43. The van der Waals surface area contributed by atoms with Crippen molar-refractivity contribution in [3.63, 3.8) is 0 Å². The summed E-state index contributed by atoms with van der Waals surface area (Å²) >= 11 is 7.03. The van der Waals surface area contributed by atoms with Gasteiger partial charge in [0, 0.05) is 9.92 Å². The van der Waals surface area contributed by atoms with Gasteiger partial charge in [0.2, 0.25) is 0 Å². The van der Waals surface area contributed by atoms with E-state index >= 15 is 0 Å². The van der Waals surface area contributed by atoms with Gasteiger partial charge in [0.05, 0.1) is 0 Å². The first kappa shape index (κ1) is 8.88. The Bertz CT molecular complexity index is 250. The fourth-order valence-electron chi connectivity index (χ4n) is 0.948. The molecule has 3 heteroatoms. The molecule has 0 atom stereocenters. The number of thioether (sulfide) groups is 1. The predicted octanol–water partition coefficient (Wildman–Crippen LogP) is 3.51. The summed E-state index contributed by atoms with van der Waals surface area (Å²) in [4.78, 5) is 0.675. The lowest BCUT2D eigenvalue weighted by molar-refractivity contribution is 0.600. The number of aryl methyl sites for hydroxylation is 1. The van der Waals surface area contributed by atoms with Gasteiger partial charge in [-0.05, 0) is 30.9 Å². The molecule has 0 fully saturated rings. The SMILES string of the molecule is CSc1c(C)cc(Cl)cc1F. The van der Waals surface area contributed by atoms with Gasteiger partial charge in [0.1, 0.15) is 5.82 Å². The lowest BCUT2D eigenvalue weighted by atomic mass is 10.2. The monoisotopic (exact) mass is 190 g/mol. The number of halogens is 2. The summed E-state index contributed by atoms with van der Waals surface area (Å²) in [5, 5.41) is 0.456. The quantitative estimate of drug-likeness (QED) is 0.611. The van der Waals surface area contributed by atoms with Crippen LogP contribution in [0, 0.1) is 12.7 Å². The van der Waals surface area contributed by atoms with Crippen LogP contribution in [0.25, 0.3) is 0 Å². The van der Waals surface area contributed by atoms with Gasteiger partial charge in [-0.2, -0.15) is 0 Å². The standard InChI is InChI=1S/C8H8ClFS/c1-5-3-6(9)4-7(10)8(5)11-2/h3-4H,1-2H3. The predicted molar refractivity (Wildman–Crippen MR) is 47.9 cm³/mol. The summed E-state index contributed by atoms with van der Waals surface area (Å²) in [6, 6.07) is 3.09. The van der Waals surface area contributed by atoms with Crippen LogP contribution in [-0.4, -0.2) is 6.26 Å². The van der Waals surface area contributed by atoms with Crippen molar-refractivity contribution in [2.75, 3.05) is 6.26 Å². The third-order valence-electron chi connectivity index (χ3n) is 1.40. The Labute approximate surface area is 74.8 Å². The molecule has 0 aliphatic heterocycles. The fourth-order valence-corrected chi connectivity index (χ4v) is 1.84. The zero-order valence-electron chi connectivity index (χ0n) is 6.32. The van der Waals surface area contributed by atoms with Crippen LogP contribution in [0.5, 0.6) is 0 Å². The third-order valence-corrected chi connectivity index (χ3v) is 2.54. The second-order valence-corrected chi connectivity index (χ2v) is 3.49. The van der Waals surface area contributed by atoms with Crippen molar-refractivity contribution in [3.05, 3.63) is 28.5 Å². The molecule has 0 amide bonds. The number of rotatable bonds is 1. The summed E-state index contributed by atoms with van der Waals surface area (Å²) in [7, 11) is 0. The van der Waals surface area contributed by atoms with E-state index < -0.39 is 0 Å². The topological polar surface area (TPSA) is 0 Å². The van der Waals surface area contributed by atoms with Gasteiger partial charge in [-0.1, -0.05) is 11.6 Å². The van der Waals surface area contributed by atoms with Crippen LogP contribution in [0.3, 0.4) is 0 Å². The smallest absolute Gasteiger partial charge is 0.138 e. The zero-order valence-corrected chi connectivity index (χ0v) is 7.89. The van der Waals surface area contributed by atoms with E-state index in [1.807, 2.05) is 13.2 Å². The van der Waals surface area contributed by atoms with E-state index in [0.29, 0.717) is 9.92 Å². The molecule has 0 aliphatic carbocycles. The minimum Gasteiger partial charge on any atom is -0.206 e. The number of hydrogen-bond donors (Lipinski definition) is 0. The van der Waals surface area contributed by atoms with Gasteiger partial charge in [0.15, 0.2) is 0 Å². The van der Waals surface area contributed by atoms with E-state index in [1.165, 1.54) is 17.8 Å². The molecule has 0 unspecified atom stereocenters. The average Bonchev–Trinajstić information content (AvgIpc) is 1.85. The summed E-state index contributed by atoms with van der Waals surface area (Å²) < 4.78 is 13.0. The Morgan fingerprint density at radius 3 is 2.55 bits per heavy atom. The van der Waals surface area contributed by atoms with E-state index in [2.05, 4.69) is 0 Å². The normalized spacial score (nSPS) is 10.2. The van der Waals surface area contributed by atoms with Gasteiger partial charge < -0.3 is 0 Å². The first-order chi connectivity index (χ1) is 5.15. The van der Waals surface area contributed by atoms with E-state index in [-0.39, 0.29) is 5.82 Å². The molecule has 0 saturated heterocycles. The molecule has 0 bridgehead atoms. The molecule has 60 valence electrons. The third kappa shape index (κ3) is 1.88. The van der Waals surface area contributed by atoms with Crippen molar-refractivity contribution >= 4 is 23.4 Å². The minimum atomic E-state index is -0.234. The number of benzene rings is 1. The van der Waals surface area contributed by atoms with Gasteiger partial charge in [-0.25, -0.2) is 4.39 Å². The Morgan fingerprint density at radius 2 is 2.09 bits per heavy atom. The second-order valence-electron chi connectivity index (χ2n) is 2.24. The Hall–Kier alpha value is -0.210. The lowest BCUT2D eigenvalue weighted by Gasteiger charge is -2.03. The van der Waals surface area contributed by atoms with E-state index in [0.717, 1.165) is 5.56 Å². The van der Waals surface area contributed by atoms with Crippen molar-refractivity contribution in [2.45, 2.75) is 11.8 Å². The highest BCUT2D eigenvalue weighted by Crippen LogP contribution is 2.26. The first-order valence-corrected chi connectivity index (χ1v) is 4.75. The molecule has 11 heavy (non-hydrogen) atoms. The maximum Gasteiger partial charge on any atom is 0.138 e. The molecule has 0 heterocycles. The lowest BCUT2D eigenvalue weighted by Crippen LogP contribution is -1.84. The van der Waals surface area contributed by atoms with Crippen molar-refractivity contribution in [1.29, 1.82) is 0 Å². The Kier molecular flexibility index (Phi) is 2.79. The molecular formula is C8H8ClFS. The van der Waals surface area contributed by atoms with Crippen LogP contribution in [0.4, 0.5) is 4.39 Å². The highest BCUT2D eigenvalue weighted by atomic mass is 35.5. The highest BCUT2D eigenvalue weighted by molar-refractivity contribution is 7.98. The van der Waals surface area contributed by atoms with Crippen LogP contribution in [-0.2, 0) is 0 Å². The van der Waals surface area contributed by atoms with E-state index in [4.69, 9.17) is 11.6 Å². The summed E-state index contributed by atoms with van der Waals surface area (Å²) in [6.07, 6.45) is 1.85. The highest BCUT2D eigenvalue weighted by Gasteiger charge is 2.04. The molecule has 1 aromatic carbocycles. The molecule has 0 aliphatic rings. The van der Waals surface area contributed by atoms with Crippen molar-refractivity contribution in [2.24, 2.45) is 0 Å². The van der Waals surface area contributed by atoms with Gasteiger partial charge >= 0.3 is 0 Å². The van der Waals surface area contributed by atoms with Crippen LogP contribution in [0.2, 0.25) is 5.02 Å². The summed E-state index contributed by atoms with van der Waals surface area (Å²) in [5.41, 5.74) is 0.891. The molecule has 0 spiro atoms. The maximum atomic E-state index is 13.0. The van der Waals surface area contributed by atoms with Crippen LogP contribution < -0.4 is 0 Å². The maximum absolute atomic E-state index is 13.0.